The van der Waals surface area contributed by atoms with Crippen LogP contribution in [-0.2, 0) is 0 Å². The number of halogens is 2. The molecule has 5 nitrogen and oxygen atoms in total. The quantitative estimate of drug-likeness (QED) is 0.785. The number of piperazine rings is 1. The molecule has 1 aliphatic rings. The van der Waals surface area contributed by atoms with E-state index in [-0.39, 0.29) is 24.8 Å². The topological polar surface area (TPSA) is 43.0 Å². The number of hydrogen-bond acceptors (Lipinski definition) is 5. The SMILES string of the molecule is CCC[C@@H](c1c(OC)cc(OC)cc1OC)N1CCNCC1.Cl.Cl. The second-order valence-electron chi connectivity index (χ2n) is 5.54. The monoisotopic (exact) mass is 380 g/mol. The fourth-order valence-electron chi connectivity index (χ4n) is 3.14. The van der Waals surface area contributed by atoms with Gasteiger partial charge in [-0.3, -0.25) is 4.90 Å². The van der Waals surface area contributed by atoms with Crippen molar-refractivity contribution in [3.8, 4) is 17.2 Å². The van der Waals surface area contributed by atoms with Crippen molar-refractivity contribution in [2.75, 3.05) is 47.5 Å². The van der Waals surface area contributed by atoms with Crippen LogP contribution in [0.3, 0.4) is 0 Å². The van der Waals surface area contributed by atoms with Crippen LogP contribution in [0.5, 0.6) is 17.2 Å². The average Bonchev–Trinajstić information content (AvgIpc) is 2.59. The lowest BCUT2D eigenvalue weighted by Crippen LogP contribution is -2.45. The maximum absolute atomic E-state index is 5.65. The third-order valence-corrected chi connectivity index (χ3v) is 4.24. The van der Waals surface area contributed by atoms with Gasteiger partial charge < -0.3 is 19.5 Å². The second-order valence-corrected chi connectivity index (χ2v) is 5.54. The molecule has 7 heteroatoms. The van der Waals surface area contributed by atoms with Crippen LogP contribution in [0.25, 0.3) is 0 Å². The lowest BCUT2D eigenvalue weighted by molar-refractivity contribution is 0.158. The zero-order valence-electron chi connectivity index (χ0n) is 15.0. The molecular formula is C17H30Cl2N2O3. The van der Waals surface area contributed by atoms with E-state index in [1.54, 1.807) is 21.3 Å². The summed E-state index contributed by atoms with van der Waals surface area (Å²) in [5, 5.41) is 3.41. The zero-order chi connectivity index (χ0) is 15.9. The van der Waals surface area contributed by atoms with E-state index >= 15 is 0 Å². The molecule has 1 aromatic rings. The van der Waals surface area contributed by atoms with Crippen LogP contribution in [0.1, 0.15) is 31.4 Å². The van der Waals surface area contributed by atoms with Crippen molar-refractivity contribution in [2.45, 2.75) is 25.8 Å². The number of rotatable bonds is 7. The normalized spacial score (nSPS) is 15.7. The summed E-state index contributed by atoms with van der Waals surface area (Å²) in [5.41, 5.74) is 1.13. The Hall–Kier alpha value is -0.880. The molecule has 0 spiro atoms. The van der Waals surface area contributed by atoms with E-state index in [1.165, 1.54) is 0 Å². The van der Waals surface area contributed by atoms with E-state index in [9.17, 15) is 0 Å². The molecule has 2 rings (SSSR count). The average molecular weight is 381 g/mol. The molecule has 0 bridgehead atoms. The highest BCUT2D eigenvalue weighted by molar-refractivity contribution is 5.85. The summed E-state index contributed by atoms with van der Waals surface area (Å²) in [7, 11) is 5.07. The lowest BCUT2D eigenvalue weighted by Gasteiger charge is -2.36. The Morgan fingerprint density at radius 1 is 1.00 bits per heavy atom. The van der Waals surface area contributed by atoms with Gasteiger partial charge in [0.25, 0.3) is 0 Å². The van der Waals surface area contributed by atoms with E-state index < -0.39 is 0 Å². The van der Waals surface area contributed by atoms with Crippen molar-refractivity contribution in [1.29, 1.82) is 0 Å². The van der Waals surface area contributed by atoms with Gasteiger partial charge >= 0.3 is 0 Å². The van der Waals surface area contributed by atoms with Gasteiger partial charge in [0, 0.05) is 44.4 Å². The van der Waals surface area contributed by atoms with E-state index in [1.807, 2.05) is 12.1 Å². The molecule has 1 aromatic carbocycles. The van der Waals surface area contributed by atoms with Crippen LogP contribution >= 0.6 is 24.8 Å². The van der Waals surface area contributed by atoms with Crippen LogP contribution in [0.15, 0.2) is 12.1 Å². The Morgan fingerprint density at radius 2 is 1.54 bits per heavy atom. The van der Waals surface area contributed by atoms with Crippen molar-refractivity contribution in [3.05, 3.63) is 17.7 Å². The standard InChI is InChI=1S/C17H28N2O3.2ClH/c1-5-6-14(19-9-7-18-8-10-19)17-15(21-3)11-13(20-2)12-16(17)22-4;;/h11-12,14,18H,5-10H2,1-4H3;2*1H/t14-;;/m0../s1. The van der Waals surface area contributed by atoms with Crippen LogP contribution in [-0.4, -0.2) is 52.4 Å². The first-order valence-electron chi connectivity index (χ1n) is 7.99. The van der Waals surface area contributed by atoms with Gasteiger partial charge in [-0.15, -0.1) is 24.8 Å². The maximum Gasteiger partial charge on any atom is 0.131 e. The molecular weight excluding hydrogens is 351 g/mol. The van der Waals surface area contributed by atoms with Gasteiger partial charge in [-0.2, -0.15) is 0 Å². The lowest BCUT2D eigenvalue weighted by atomic mass is 9.97. The predicted octanol–water partition coefficient (Wildman–Crippen LogP) is 3.30. The van der Waals surface area contributed by atoms with Gasteiger partial charge in [-0.25, -0.2) is 0 Å². The largest absolute Gasteiger partial charge is 0.496 e. The first-order valence-corrected chi connectivity index (χ1v) is 7.99. The van der Waals surface area contributed by atoms with E-state index in [2.05, 4.69) is 17.1 Å². The van der Waals surface area contributed by atoms with Gasteiger partial charge in [-0.05, 0) is 6.42 Å². The molecule has 24 heavy (non-hydrogen) atoms. The third kappa shape index (κ3) is 5.31. The third-order valence-electron chi connectivity index (χ3n) is 4.24. The van der Waals surface area contributed by atoms with Gasteiger partial charge in [0.1, 0.15) is 17.2 Å². The van der Waals surface area contributed by atoms with Crippen LogP contribution in [0, 0.1) is 0 Å². The Labute approximate surface area is 157 Å². The minimum atomic E-state index is 0. The molecule has 1 saturated heterocycles. The first-order chi connectivity index (χ1) is 10.7. The fraction of sp³-hybridized carbons (Fsp3) is 0.647. The first kappa shape index (κ1) is 23.1. The molecule has 140 valence electrons. The summed E-state index contributed by atoms with van der Waals surface area (Å²) >= 11 is 0. The molecule has 0 aliphatic carbocycles. The second kappa shape index (κ2) is 11.6. The van der Waals surface area contributed by atoms with E-state index in [4.69, 9.17) is 14.2 Å². The van der Waals surface area contributed by atoms with Gasteiger partial charge in [0.15, 0.2) is 0 Å². The van der Waals surface area contributed by atoms with E-state index in [0.717, 1.165) is 61.8 Å². The number of ether oxygens (including phenoxy) is 3. The summed E-state index contributed by atoms with van der Waals surface area (Å²) < 4.78 is 16.6. The number of nitrogens with one attached hydrogen (secondary N) is 1. The molecule has 0 saturated carbocycles. The highest BCUT2D eigenvalue weighted by Gasteiger charge is 2.28. The summed E-state index contributed by atoms with van der Waals surface area (Å²) in [6.45, 7) is 6.37. The Balaban J connectivity index is 0.00000264. The Kier molecular flexibility index (Phi) is 11.2. The van der Waals surface area contributed by atoms with Gasteiger partial charge in [0.2, 0.25) is 0 Å². The van der Waals surface area contributed by atoms with Crippen molar-refractivity contribution in [2.24, 2.45) is 0 Å². The smallest absolute Gasteiger partial charge is 0.131 e. The van der Waals surface area contributed by atoms with Gasteiger partial charge in [0.05, 0.1) is 26.9 Å². The number of benzene rings is 1. The summed E-state index contributed by atoms with van der Waals surface area (Å²) in [4.78, 5) is 2.52. The van der Waals surface area contributed by atoms with Crippen molar-refractivity contribution in [1.82, 2.24) is 10.2 Å². The molecule has 1 N–H and O–H groups in total. The van der Waals surface area contributed by atoms with Crippen LogP contribution in [0.4, 0.5) is 0 Å². The molecule has 1 atom stereocenters. The highest BCUT2D eigenvalue weighted by atomic mass is 35.5. The summed E-state index contributed by atoms with van der Waals surface area (Å²) in [5.74, 6) is 2.44. The molecule has 0 amide bonds. The van der Waals surface area contributed by atoms with Crippen molar-refractivity contribution in [3.63, 3.8) is 0 Å². The molecule has 0 unspecified atom stereocenters. The Bertz CT molecular complexity index is 458. The van der Waals surface area contributed by atoms with Crippen molar-refractivity contribution < 1.29 is 14.2 Å². The molecule has 1 heterocycles. The van der Waals surface area contributed by atoms with Crippen LogP contribution in [0.2, 0.25) is 0 Å². The number of methoxy groups -OCH3 is 3. The van der Waals surface area contributed by atoms with E-state index in [0.29, 0.717) is 6.04 Å². The number of hydrogen-bond donors (Lipinski definition) is 1. The minimum absolute atomic E-state index is 0. The molecule has 0 aromatic heterocycles. The van der Waals surface area contributed by atoms with Crippen molar-refractivity contribution >= 4 is 24.8 Å². The fourth-order valence-corrected chi connectivity index (χ4v) is 3.14. The van der Waals surface area contributed by atoms with Gasteiger partial charge in [-0.1, -0.05) is 13.3 Å². The molecule has 1 fully saturated rings. The zero-order valence-corrected chi connectivity index (χ0v) is 16.6. The summed E-state index contributed by atoms with van der Waals surface area (Å²) in [6.07, 6.45) is 2.20. The molecule has 0 radical (unpaired) electrons. The molecule has 1 aliphatic heterocycles. The summed E-state index contributed by atoms with van der Waals surface area (Å²) in [6, 6.07) is 4.20. The predicted molar refractivity (Wildman–Crippen MR) is 103 cm³/mol. The minimum Gasteiger partial charge on any atom is -0.496 e. The highest BCUT2D eigenvalue weighted by Crippen LogP contribution is 2.42. The maximum atomic E-state index is 5.65. The van der Waals surface area contributed by atoms with Crippen LogP contribution < -0.4 is 19.5 Å². The number of nitrogens with zero attached hydrogens (tertiary/aromatic N) is 1. The Morgan fingerprint density at radius 3 is 1.96 bits per heavy atom.